The fourth-order valence-corrected chi connectivity index (χ4v) is 2.92. The van der Waals surface area contributed by atoms with Gasteiger partial charge in [-0.2, -0.15) is 5.10 Å². The van der Waals surface area contributed by atoms with Gasteiger partial charge in [0.2, 0.25) is 0 Å². The molecular weight excluding hydrogens is 438 g/mol. The van der Waals surface area contributed by atoms with Crippen LogP contribution in [0.2, 0.25) is 0 Å². The standard InChI is InChI=1S/C21H33N11O2/c1-13-18(22)29-19(23)17(28-13)20(33)30-21(24)27-11-3-2-5-14-7-9-15(10-8-14)34-12-4-6-16(31-25)32-26/h7-10H,2-6,11-12,25-26H2,1H3,(H,31,32)(H4,22,23,29)(H3,24,27,30,33). The van der Waals surface area contributed by atoms with Crippen LogP contribution in [0.3, 0.4) is 0 Å². The number of rotatable bonds is 11. The Kier molecular flexibility index (Phi) is 10.3. The molecule has 0 unspecified atom stereocenters. The second-order valence-corrected chi connectivity index (χ2v) is 7.42. The monoisotopic (exact) mass is 471 g/mol. The molecule has 0 spiro atoms. The zero-order valence-electron chi connectivity index (χ0n) is 19.3. The molecule has 1 aromatic carbocycles. The normalized spacial score (nSPS) is 11.8. The molecule has 0 aliphatic heterocycles. The Balaban J connectivity index is 1.68. The number of aliphatic imine (C=N–C) groups is 1. The van der Waals surface area contributed by atoms with Crippen LogP contribution in [-0.4, -0.2) is 40.8 Å². The molecule has 1 aromatic heterocycles. The number of hydrazone groups is 1. The van der Waals surface area contributed by atoms with Crippen LogP contribution in [0.5, 0.6) is 5.75 Å². The van der Waals surface area contributed by atoms with Crippen molar-refractivity contribution in [2.75, 3.05) is 24.6 Å². The highest BCUT2D eigenvalue weighted by molar-refractivity contribution is 6.06. The zero-order valence-corrected chi connectivity index (χ0v) is 19.3. The Bertz CT molecular complexity index is 1010. The first kappa shape index (κ1) is 26.1. The molecule has 0 saturated carbocycles. The molecule has 0 aliphatic carbocycles. The predicted octanol–water partition coefficient (Wildman–Crippen LogP) is -0.0887. The van der Waals surface area contributed by atoms with Crippen LogP contribution in [-0.2, 0) is 6.42 Å². The Morgan fingerprint density at radius 1 is 1.09 bits per heavy atom. The molecule has 0 radical (unpaired) electrons. The van der Waals surface area contributed by atoms with Crippen molar-refractivity contribution in [3.63, 3.8) is 0 Å². The number of aromatic nitrogens is 2. The van der Waals surface area contributed by atoms with Gasteiger partial charge in [0, 0.05) is 13.0 Å². The lowest BCUT2D eigenvalue weighted by Gasteiger charge is -2.08. The first-order valence-corrected chi connectivity index (χ1v) is 10.8. The first-order valence-electron chi connectivity index (χ1n) is 10.8. The maximum absolute atomic E-state index is 12.3. The van der Waals surface area contributed by atoms with Gasteiger partial charge in [-0.05, 0) is 50.3 Å². The summed E-state index contributed by atoms with van der Waals surface area (Å²) in [5.41, 5.74) is 21.1. The van der Waals surface area contributed by atoms with Gasteiger partial charge in [0.25, 0.3) is 5.91 Å². The molecule has 1 heterocycles. The van der Waals surface area contributed by atoms with Crippen LogP contribution >= 0.6 is 0 Å². The van der Waals surface area contributed by atoms with E-state index in [-0.39, 0.29) is 23.3 Å². The average molecular weight is 472 g/mol. The average Bonchev–Trinajstić information content (AvgIpc) is 2.82. The van der Waals surface area contributed by atoms with Crippen molar-refractivity contribution >= 4 is 29.3 Å². The Morgan fingerprint density at radius 3 is 2.50 bits per heavy atom. The van der Waals surface area contributed by atoms with E-state index in [0.29, 0.717) is 31.1 Å². The molecular formula is C21H33N11O2. The summed E-state index contributed by atoms with van der Waals surface area (Å²) in [6, 6.07) is 7.93. The zero-order chi connectivity index (χ0) is 24.9. The fraction of sp³-hybridized carbons (Fsp3) is 0.381. The van der Waals surface area contributed by atoms with E-state index in [1.165, 1.54) is 5.56 Å². The summed E-state index contributed by atoms with van der Waals surface area (Å²) in [5.74, 6) is 11.3. The quantitative estimate of drug-likeness (QED) is 0.0756. The number of hydrogen-bond donors (Lipinski definition) is 7. The maximum atomic E-state index is 12.3. The van der Waals surface area contributed by atoms with E-state index in [0.717, 1.165) is 31.4 Å². The van der Waals surface area contributed by atoms with Crippen LogP contribution in [0, 0.1) is 6.92 Å². The smallest absolute Gasteiger partial charge is 0.280 e. The molecule has 0 fully saturated rings. The molecule has 13 heteroatoms. The highest BCUT2D eigenvalue weighted by atomic mass is 16.5. The van der Waals surface area contributed by atoms with Crippen LogP contribution in [0.15, 0.2) is 34.4 Å². The molecule has 0 aliphatic rings. The van der Waals surface area contributed by atoms with Crippen LogP contribution < -0.4 is 44.4 Å². The van der Waals surface area contributed by atoms with E-state index in [2.05, 4.69) is 30.8 Å². The van der Waals surface area contributed by atoms with Gasteiger partial charge in [-0.25, -0.2) is 15.8 Å². The molecule has 34 heavy (non-hydrogen) atoms. The molecule has 2 aromatic rings. The number of carbonyl (C=O) groups excluding carboxylic acids is 1. The number of hydrogen-bond acceptors (Lipinski definition) is 10. The van der Waals surface area contributed by atoms with Gasteiger partial charge >= 0.3 is 0 Å². The molecule has 1 amide bonds. The number of guanidine groups is 1. The van der Waals surface area contributed by atoms with Crippen molar-refractivity contribution in [2.45, 2.75) is 39.0 Å². The van der Waals surface area contributed by atoms with Gasteiger partial charge < -0.3 is 33.2 Å². The third-order valence-electron chi connectivity index (χ3n) is 4.82. The summed E-state index contributed by atoms with van der Waals surface area (Å²) in [6.07, 6.45) is 3.96. The van der Waals surface area contributed by atoms with Crippen molar-refractivity contribution in [2.24, 2.45) is 27.5 Å². The largest absolute Gasteiger partial charge is 0.494 e. The third kappa shape index (κ3) is 8.43. The number of anilines is 2. The van der Waals surface area contributed by atoms with E-state index in [1.807, 2.05) is 24.3 Å². The molecule has 13 nitrogen and oxygen atoms in total. The topological polar surface area (TPSA) is 231 Å². The Morgan fingerprint density at radius 2 is 1.82 bits per heavy atom. The summed E-state index contributed by atoms with van der Waals surface area (Å²) in [4.78, 5) is 24.4. The molecule has 0 bridgehead atoms. The number of hydrazine groups is 1. The number of ether oxygens (including phenoxy) is 1. The van der Waals surface area contributed by atoms with Gasteiger partial charge in [0.15, 0.2) is 17.5 Å². The Labute approximate surface area is 198 Å². The van der Waals surface area contributed by atoms with E-state index >= 15 is 0 Å². The number of nitrogens with zero attached hydrogens (tertiary/aromatic N) is 4. The van der Waals surface area contributed by atoms with Crippen molar-refractivity contribution in [3.05, 3.63) is 41.2 Å². The van der Waals surface area contributed by atoms with Gasteiger partial charge in [-0.15, -0.1) is 0 Å². The second kappa shape index (κ2) is 13.4. The predicted molar refractivity (Wildman–Crippen MR) is 133 cm³/mol. The number of carbonyl (C=O) groups is 1. The number of nitrogens with one attached hydrogen (secondary N) is 2. The van der Waals surface area contributed by atoms with Crippen molar-refractivity contribution in [1.82, 2.24) is 20.7 Å². The van der Waals surface area contributed by atoms with Gasteiger partial charge in [0.1, 0.15) is 17.4 Å². The van der Waals surface area contributed by atoms with Gasteiger partial charge in [-0.1, -0.05) is 12.1 Å². The van der Waals surface area contributed by atoms with Gasteiger partial charge in [-0.3, -0.25) is 15.1 Å². The van der Waals surface area contributed by atoms with E-state index in [9.17, 15) is 4.79 Å². The van der Waals surface area contributed by atoms with E-state index in [4.69, 9.17) is 33.6 Å². The number of nitrogens with two attached hydrogens (primary N) is 5. The maximum Gasteiger partial charge on any atom is 0.280 e. The van der Waals surface area contributed by atoms with Crippen LogP contribution in [0.25, 0.3) is 0 Å². The minimum Gasteiger partial charge on any atom is -0.494 e. The second-order valence-electron chi connectivity index (χ2n) is 7.42. The summed E-state index contributed by atoms with van der Waals surface area (Å²) >= 11 is 0. The minimum absolute atomic E-state index is 0.00530. The van der Waals surface area contributed by atoms with Crippen molar-refractivity contribution in [1.29, 1.82) is 0 Å². The molecule has 0 saturated heterocycles. The Hall–Kier alpha value is -4.13. The fourth-order valence-electron chi connectivity index (χ4n) is 2.92. The summed E-state index contributed by atoms with van der Waals surface area (Å²) in [5, 5.41) is 5.99. The number of benzene rings is 1. The summed E-state index contributed by atoms with van der Waals surface area (Å²) < 4.78 is 5.70. The first-order chi connectivity index (χ1) is 16.3. The molecule has 0 atom stereocenters. The SMILES string of the molecule is Cc1nc(C(=O)NC(N)=NCCCCc2ccc(OCCC/C(=N/N)NN)cc2)c(N)nc1N. The molecule has 2 rings (SSSR count). The van der Waals surface area contributed by atoms with Gasteiger partial charge in [0.05, 0.1) is 12.3 Å². The van der Waals surface area contributed by atoms with E-state index in [1.54, 1.807) is 6.92 Å². The number of nitrogen functional groups attached to an aromatic ring is 2. The van der Waals surface area contributed by atoms with Crippen LogP contribution in [0.1, 0.15) is 47.4 Å². The van der Waals surface area contributed by atoms with E-state index < -0.39 is 5.91 Å². The number of amides is 1. The van der Waals surface area contributed by atoms with Crippen molar-refractivity contribution in [3.8, 4) is 5.75 Å². The summed E-state index contributed by atoms with van der Waals surface area (Å²) in [6.45, 7) is 2.64. The third-order valence-corrected chi connectivity index (χ3v) is 4.82. The number of amidine groups is 1. The van der Waals surface area contributed by atoms with Crippen LogP contribution in [0.4, 0.5) is 11.6 Å². The molecule has 184 valence electrons. The molecule has 12 N–H and O–H groups in total. The lowest BCUT2D eigenvalue weighted by Crippen LogP contribution is -2.38. The lowest BCUT2D eigenvalue weighted by atomic mass is 10.1. The van der Waals surface area contributed by atoms with Crippen molar-refractivity contribution < 1.29 is 9.53 Å². The minimum atomic E-state index is -0.583. The number of unbranched alkanes of at least 4 members (excludes halogenated alkanes) is 1. The number of aryl methyl sites for hydroxylation is 2. The highest BCUT2D eigenvalue weighted by Crippen LogP contribution is 2.15. The summed E-state index contributed by atoms with van der Waals surface area (Å²) in [7, 11) is 0. The lowest BCUT2D eigenvalue weighted by molar-refractivity contribution is 0.0972. The highest BCUT2D eigenvalue weighted by Gasteiger charge is 2.15.